The molecule has 4 nitrogen and oxygen atoms in total. The standard InChI is InChI=1S/C21H19Cl2N3O/c1-14-9-16(12-25-26-20-5-3-4-8-24-20)10-15(2)21(14)27-13-17-6-7-18(22)11-19(17)23/h3-12H,13H2,1-2H3,(H,24,26)/b25-12+. The fraction of sp³-hybridized carbons (Fsp3) is 0.143. The Kier molecular flexibility index (Phi) is 6.32. The highest BCUT2D eigenvalue weighted by Gasteiger charge is 2.08. The molecule has 1 aromatic heterocycles. The number of benzene rings is 2. The zero-order valence-electron chi connectivity index (χ0n) is 15.0. The van der Waals surface area contributed by atoms with E-state index in [4.69, 9.17) is 27.9 Å². The summed E-state index contributed by atoms with van der Waals surface area (Å²) in [5.41, 5.74) is 6.83. The molecule has 3 aromatic rings. The fourth-order valence-corrected chi connectivity index (χ4v) is 3.14. The van der Waals surface area contributed by atoms with E-state index in [0.29, 0.717) is 22.5 Å². The molecule has 6 heteroatoms. The third-order valence-corrected chi connectivity index (χ3v) is 4.51. The van der Waals surface area contributed by atoms with Gasteiger partial charge in [-0.05, 0) is 66.9 Å². The molecule has 0 radical (unpaired) electrons. The minimum atomic E-state index is 0.381. The lowest BCUT2D eigenvalue weighted by atomic mass is 10.1. The van der Waals surface area contributed by atoms with Crippen molar-refractivity contribution in [1.82, 2.24) is 4.98 Å². The molecule has 0 amide bonds. The first-order chi connectivity index (χ1) is 13.0. The summed E-state index contributed by atoms with van der Waals surface area (Å²) in [5.74, 6) is 1.54. The van der Waals surface area contributed by atoms with E-state index in [2.05, 4.69) is 15.5 Å². The Morgan fingerprint density at radius 1 is 1.07 bits per heavy atom. The summed E-state index contributed by atoms with van der Waals surface area (Å²) in [7, 11) is 0. The van der Waals surface area contributed by atoms with E-state index in [1.807, 2.05) is 50.2 Å². The van der Waals surface area contributed by atoms with E-state index in [0.717, 1.165) is 28.0 Å². The number of nitrogens with zero attached hydrogens (tertiary/aromatic N) is 2. The Labute approximate surface area is 168 Å². The van der Waals surface area contributed by atoms with E-state index in [1.165, 1.54) is 0 Å². The van der Waals surface area contributed by atoms with Crippen molar-refractivity contribution in [3.8, 4) is 5.75 Å². The number of nitrogens with one attached hydrogen (secondary N) is 1. The van der Waals surface area contributed by atoms with Crippen LogP contribution in [0.1, 0.15) is 22.3 Å². The number of aryl methyl sites for hydroxylation is 2. The van der Waals surface area contributed by atoms with Crippen LogP contribution < -0.4 is 10.2 Å². The largest absolute Gasteiger partial charge is 0.488 e. The Hall–Kier alpha value is -2.56. The SMILES string of the molecule is Cc1cc(/C=N/Nc2ccccn2)cc(C)c1OCc1ccc(Cl)cc1Cl. The second-order valence-corrected chi connectivity index (χ2v) is 6.94. The van der Waals surface area contributed by atoms with Gasteiger partial charge in [0.15, 0.2) is 0 Å². The van der Waals surface area contributed by atoms with Gasteiger partial charge in [-0.2, -0.15) is 5.10 Å². The van der Waals surface area contributed by atoms with Crippen LogP contribution in [0.4, 0.5) is 5.82 Å². The number of pyridine rings is 1. The van der Waals surface area contributed by atoms with Crippen molar-refractivity contribution >= 4 is 35.2 Å². The summed E-state index contributed by atoms with van der Waals surface area (Å²) in [4.78, 5) is 4.16. The number of rotatable bonds is 6. The molecule has 0 aliphatic rings. The number of anilines is 1. The average molecular weight is 400 g/mol. The molecule has 1 N–H and O–H groups in total. The van der Waals surface area contributed by atoms with Crippen LogP contribution in [-0.2, 0) is 6.61 Å². The Balaban J connectivity index is 1.69. The van der Waals surface area contributed by atoms with Crippen LogP contribution in [-0.4, -0.2) is 11.2 Å². The van der Waals surface area contributed by atoms with Crippen molar-refractivity contribution in [3.05, 3.63) is 87.0 Å². The van der Waals surface area contributed by atoms with Gasteiger partial charge in [0.1, 0.15) is 18.2 Å². The number of hydrogen-bond donors (Lipinski definition) is 1. The molecule has 1 heterocycles. The molecule has 0 saturated carbocycles. The van der Waals surface area contributed by atoms with Crippen molar-refractivity contribution < 1.29 is 4.74 Å². The van der Waals surface area contributed by atoms with Crippen molar-refractivity contribution in [2.24, 2.45) is 5.10 Å². The summed E-state index contributed by atoms with van der Waals surface area (Å²) in [6, 6.07) is 15.1. The lowest BCUT2D eigenvalue weighted by Crippen LogP contribution is -2.01. The summed E-state index contributed by atoms with van der Waals surface area (Å²) < 4.78 is 6.01. The first kappa shape index (κ1) is 19.2. The normalized spacial score (nSPS) is 11.0. The van der Waals surface area contributed by atoms with Crippen LogP contribution in [0.5, 0.6) is 5.75 Å². The predicted molar refractivity (Wildman–Crippen MR) is 112 cm³/mol. The quantitative estimate of drug-likeness (QED) is 0.406. The second kappa shape index (κ2) is 8.89. The Morgan fingerprint density at radius 3 is 2.52 bits per heavy atom. The first-order valence-electron chi connectivity index (χ1n) is 8.41. The van der Waals surface area contributed by atoms with Crippen LogP contribution in [0.3, 0.4) is 0 Å². The Morgan fingerprint density at radius 2 is 1.85 bits per heavy atom. The third-order valence-electron chi connectivity index (χ3n) is 3.93. The van der Waals surface area contributed by atoms with Crippen LogP contribution in [0.15, 0.2) is 59.8 Å². The number of hydrogen-bond acceptors (Lipinski definition) is 4. The van der Waals surface area contributed by atoms with E-state index >= 15 is 0 Å². The number of aromatic nitrogens is 1. The molecule has 0 fully saturated rings. The number of hydrazone groups is 1. The summed E-state index contributed by atoms with van der Waals surface area (Å²) >= 11 is 12.2. The molecule has 3 rings (SSSR count). The lowest BCUT2D eigenvalue weighted by molar-refractivity contribution is 0.302. The van der Waals surface area contributed by atoms with Gasteiger partial charge in [-0.3, -0.25) is 5.43 Å². The van der Waals surface area contributed by atoms with Gasteiger partial charge in [-0.25, -0.2) is 4.98 Å². The molecular weight excluding hydrogens is 381 g/mol. The molecule has 2 aromatic carbocycles. The van der Waals surface area contributed by atoms with Crippen LogP contribution in [0.2, 0.25) is 10.0 Å². The maximum Gasteiger partial charge on any atom is 0.146 e. The minimum absolute atomic E-state index is 0.381. The maximum absolute atomic E-state index is 6.21. The van der Waals surface area contributed by atoms with Gasteiger partial charge in [0.25, 0.3) is 0 Å². The predicted octanol–water partition coefficient (Wildman–Crippen LogP) is 6.03. The van der Waals surface area contributed by atoms with Gasteiger partial charge in [0.2, 0.25) is 0 Å². The molecule has 0 unspecified atom stereocenters. The molecule has 138 valence electrons. The average Bonchev–Trinajstić information content (AvgIpc) is 2.63. The number of ether oxygens (including phenoxy) is 1. The maximum atomic E-state index is 6.21. The van der Waals surface area contributed by atoms with Gasteiger partial charge in [0.05, 0.1) is 6.21 Å². The summed E-state index contributed by atoms with van der Waals surface area (Å²) in [5, 5.41) is 5.44. The van der Waals surface area contributed by atoms with Gasteiger partial charge in [-0.1, -0.05) is 35.3 Å². The molecule has 0 saturated heterocycles. The highest BCUT2D eigenvalue weighted by atomic mass is 35.5. The number of halogens is 2. The van der Waals surface area contributed by atoms with Gasteiger partial charge in [0, 0.05) is 21.8 Å². The molecule has 0 aliphatic heterocycles. The highest BCUT2D eigenvalue weighted by molar-refractivity contribution is 6.35. The second-order valence-electron chi connectivity index (χ2n) is 6.09. The third kappa shape index (κ3) is 5.22. The van der Waals surface area contributed by atoms with E-state index < -0.39 is 0 Å². The zero-order valence-corrected chi connectivity index (χ0v) is 16.6. The van der Waals surface area contributed by atoms with E-state index in [9.17, 15) is 0 Å². The van der Waals surface area contributed by atoms with Crippen LogP contribution >= 0.6 is 23.2 Å². The fourth-order valence-electron chi connectivity index (χ4n) is 2.68. The van der Waals surface area contributed by atoms with Crippen molar-refractivity contribution in [3.63, 3.8) is 0 Å². The van der Waals surface area contributed by atoms with Crippen molar-refractivity contribution in [2.75, 3.05) is 5.43 Å². The smallest absolute Gasteiger partial charge is 0.146 e. The highest BCUT2D eigenvalue weighted by Crippen LogP contribution is 2.27. The summed E-state index contributed by atoms with van der Waals surface area (Å²) in [6.07, 6.45) is 3.47. The van der Waals surface area contributed by atoms with Crippen molar-refractivity contribution in [1.29, 1.82) is 0 Å². The molecule has 0 aliphatic carbocycles. The molecule has 0 spiro atoms. The van der Waals surface area contributed by atoms with E-state index in [1.54, 1.807) is 24.5 Å². The minimum Gasteiger partial charge on any atom is -0.488 e. The molecule has 0 bridgehead atoms. The van der Waals surface area contributed by atoms with Crippen LogP contribution in [0, 0.1) is 13.8 Å². The monoisotopic (exact) mass is 399 g/mol. The molecular formula is C21H19Cl2N3O. The topological polar surface area (TPSA) is 46.5 Å². The van der Waals surface area contributed by atoms with Crippen LogP contribution in [0.25, 0.3) is 0 Å². The van der Waals surface area contributed by atoms with E-state index in [-0.39, 0.29) is 0 Å². The van der Waals surface area contributed by atoms with Gasteiger partial charge < -0.3 is 4.74 Å². The van der Waals surface area contributed by atoms with Gasteiger partial charge in [-0.15, -0.1) is 0 Å². The summed E-state index contributed by atoms with van der Waals surface area (Å²) in [6.45, 7) is 4.40. The Bertz CT molecular complexity index is 936. The molecule has 27 heavy (non-hydrogen) atoms. The first-order valence-corrected chi connectivity index (χ1v) is 9.16. The van der Waals surface area contributed by atoms with Gasteiger partial charge >= 0.3 is 0 Å². The molecule has 0 atom stereocenters. The van der Waals surface area contributed by atoms with Crippen molar-refractivity contribution in [2.45, 2.75) is 20.5 Å². The zero-order chi connectivity index (χ0) is 19.2. The lowest BCUT2D eigenvalue weighted by Gasteiger charge is -2.14.